The molecule has 104 valence electrons. The lowest BCUT2D eigenvalue weighted by Gasteiger charge is -2.41. The second-order valence-electron chi connectivity index (χ2n) is 4.63. The molecule has 0 bridgehead atoms. The van der Waals surface area contributed by atoms with Crippen LogP contribution in [-0.2, 0) is 11.3 Å². The normalized spacial score (nSPS) is 17.7. The maximum absolute atomic E-state index is 13.7. The van der Waals surface area contributed by atoms with Gasteiger partial charge in [-0.05, 0) is 30.9 Å². The lowest BCUT2D eigenvalue weighted by atomic mass is 9.75. The first-order valence-electron chi connectivity index (χ1n) is 5.84. The number of alkyl halides is 2. The molecule has 7 heteroatoms. The second-order valence-corrected chi connectivity index (χ2v) is 5.02. The van der Waals surface area contributed by atoms with Crippen molar-refractivity contribution in [2.24, 2.45) is 0 Å². The minimum absolute atomic E-state index is 0.0596. The van der Waals surface area contributed by atoms with Crippen LogP contribution in [0.15, 0.2) is 18.3 Å². The number of halogens is 3. The highest BCUT2D eigenvalue weighted by Gasteiger charge is 2.60. The van der Waals surface area contributed by atoms with E-state index in [-0.39, 0.29) is 24.5 Å². The van der Waals surface area contributed by atoms with Crippen LogP contribution in [0.5, 0.6) is 0 Å². The average Bonchev–Trinajstić information content (AvgIpc) is 2.34. The summed E-state index contributed by atoms with van der Waals surface area (Å²) in [6, 6.07) is 3.08. The fraction of sp³-hybridized carbons (Fsp3) is 0.500. The predicted molar refractivity (Wildman–Crippen MR) is 64.8 cm³/mol. The van der Waals surface area contributed by atoms with Crippen LogP contribution in [0, 0.1) is 0 Å². The first-order valence-corrected chi connectivity index (χ1v) is 6.22. The summed E-state index contributed by atoms with van der Waals surface area (Å²) in [5.74, 6) is -5.24. The van der Waals surface area contributed by atoms with Gasteiger partial charge in [-0.1, -0.05) is 17.7 Å². The monoisotopic (exact) mass is 290 g/mol. The van der Waals surface area contributed by atoms with E-state index in [1.54, 1.807) is 6.07 Å². The first kappa shape index (κ1) is 14.1. The Kier molecular flexibility index (Phi) is 3.73. The number of hydrogen-bond donors (Lipinski definition) is 2. The van der Waals surface area contributed by atoms with E-state index in [4.69, 9.17) is 11.6 Å². The third-order valence-corrected chi connectivity index (χ3v) is 3.52. The standard InChI is InChI=1S/C12H13ClF2N2O2/c13-9-3-2-8(6-16-9)7-17-10(18)12(14,15)11(19)4-1-5-11/h2-3,6,19H,1,4-5,7H2,(H,17,18). The summed E-state index contributed by atoms with van der Waals surface area (Å²) in [7, 11) is 0. The SMILES string of the molecule is O=C(NCc1ccc(Cl)nc1)C(F)(F)C1(O)CCC1. The van der Waals surface area contributed by atoms with Crippen molar-refractivity contribution in [2.45, 2.75) is 37.3 Å². The number of nitrogens with zero attached hydrogens (tertiary/aromatic N) is 1. The summed E-state index contributed by atoms with van der Waals surface area (Å²) in [6.45, 7) is -0.0886. The van der Waals surface area contributed by atoms with E-state index in [0.29, 0.717) is 12.0 Å². The Morgan fingerprint density at radius 1 is 1.53 bits per heavy atom. The molecule has 0 aliphatic heterocycles. The average molecular weight is 291 g/mol. The smallest absolute Gasteiger partial charge is 0.352 e. The summed E-state index contributed by atoms with van der Waals surface area (Å²) in [5.41, 5.74) is -1.65. The molecule has 1 amide bonds. The van der Waals surface area contributed by atoms with Crippen molar-refractivity contribution in [3.8, 4) is 0 Å². The summed E-state index contributed by atoms with van der Waals surface area (Å²) < 4.78 is 27.4. The maximum Gasteiger partial charge on any atom is 0.352 e. The molecular weight excluding hydrogens is 278 g/mol. The summed E-state index contributed by atoms with van der Waals surface area (Å²) in [4.78, 5) is 15.2. The van der Waals surface area contributed by atoms with Crippen molar-refractivity contribution < 1.29 is 18.7 Å². The highest BCUT2D eigenvalue weighted by atomic mass is 35.5. The van der Waals surface area contributed by atoms with Gasteiger partial charge in [0.2, 0.25) is 0 Å². The molecule has 19 heavy (non-hydrogen) atoms. The summed E-state index contributed by atoms with van der Waals surface area (Å²) in [5, 5.41) is 12.0. The zero-order valence-electron chi connectivity index (χ0n) is 10.00. The number of pyridine rings is 1. The molecule has 1 aromatic heterocycles. The third-order valence-electron chi connectivity index (χ3n) is 3.29. The third kappa shape index (κ3) is 2.69. The largest absolute Gasteiger partial charge is 0.383 e. The maximum atomic E-state index is 13.7. The predicted octanol–water partition coefficient (Wildman–Crippen LogP) is 1.90. The van der Waals surface area contributed by atoms with Gasteiger partial charge in [0.1, 0.15) is 10.8 Å². The molecule has 1 saturated carbocycles. The van der Waals surface area contributed by atoms with E-state index >= 15 is 0 Å². The molecule has 1 aliphatic rings. The Balaban J connectivity index is 1.95. The molecule has 0 saturated heterocycles. The first-order chi connectivity index (χ1) is 8.85. The number of rotatable bonds is 4. The quantitative estimate of drug-likeness (QED) is 0.833. The molecule has 1 aliphatic carbocycles. The molecule has 0 aromatic carbocycles. The van der Waals surface area contributed by atoms with Crippen LogP contribution in [0.1, 0.15) is 24.8 Å². The fourth-order valence-electron chi connectivity index (χ4n) is 1.84. The van der Waals surface area contributed by atoms with Crippen molar-refractivity contribution in [2.75, 3.05) is 0 Å². The Hall–Kier alpha value is -1.27. The van der Waals surface area contributed by atoms with Crippen molar-refractivity contribution in [3.63, 3.8) is 0 Å². The van der Waals surface area contributed by atoms with Crippen molar-refractivity contribution in [1.82, 2.24) is 10.3 Å². The molecule has 0 atom stereocenters. The van der Waals surface area contributed by atoms with Crippen molar-refractivity contribution in [1.29, 1.82) is 0 Å². The molecule has 2 rings (SSSR count). The van der Waals surface area contributed by atoms with Gasteiger partial charge in [0.15, 0.2) is 0 Å². The van der Waals surface area contributed by atoms with Crippen LogP contribution in [0.3, 0.4) is 0 Å². The number of nitrogens with one attached hydrogen (secondary N) is 1. The fourth-order valence-corrected chi connectivity index (χ4v) is 1.95. The van der Waals surface area contributed by atoms with Gasteiger partial charge in [0, 0.05) is 12.7 Å². The minimum atomic E-state index is -3.77. The van der Waals surface area contributed by atoms with Crippen LogP contribution >= 0.6 is 11.6 Å². The number of aliphatic hydroxyl groups is 1. The molecular formula is C12H13ClF2N2O2. The second kappa shape index (κ2) is 5.02. The van der Waals surface area contributed by atoms with Gasteiger partial charge >= 0.3 is 5.92 Å². The van der Waals surface area contributed by atoms with E-state index < -0.39 is 17.4 Å². The van der Waals surface area contributed by atoms with Gasteiger partial charge in [-0.2, -0.15) is 8.78 Å². The van der Waals surface area contributed by atoms with Crippen molar-refractivity contribution >= 4 is 17.5 Å². The van der Waals surface area contributed by atoms with Crippen LogP contribution < -0.4 is 5.32 Å². The van der Waals surface area contributed by atoms with Gasteiger partial charge in [0.05, 0.1) is 0 Å². The van der Waals surface area contributed by atoms with Crippen molar-refractivity contribution in [3.05, 3.63) is 29.0 Å². The lowest BCUT2D eigenvalue weighted by Crippen LogP contribution is -2.60. The van der Waals surface area contributed by atoms with E-state index in [2.05, 4.69) is 10.3 Å². The highest BCUT2D eigenvalue weighted by molar-refractivity contribution is 6.29. The molecule has 1 aromatic rings. The number of hydrogen-bond acceptors (Lipinski definition) is 3. The molecule has 0 spiro atoms. The van der Waals surface area contributed by atoms with Crippen LogP contribution in [0.4, 0.5) is 8.78 Å². The van der Waals surface area contributed by atoms with Crippen LogP contribution in [0.25, 0.3) is 0 Å². The zero-order valence-corrected chi connectivity index (χ0v) is 10.8. The van der Waals surface area contributed by atoms with E-state index in [0.717, 1.165) is 0 Å². The topological polar surface area (TPSA) is 62.2 Å². The Morgan fingerprint density at radius 2 is 2.21 bits per heavy atom. The van der Waals surface area contributed by atoms with E-state index in [1.165, 1.54) is 12.3 Å². The zero-order chi connectivity index (χ0) is 14.1. The van der Waals surface area contributed by atoms with Crippen LogP contribution in [0.2, 0.25) is 5.15 Å². The van der Waals surface area contributed by atoms with Crippen LogP contribution in [-0.4, -0.2) is 27.5 Å². The number of amides is 1. The highest BCUT2D eigenvalue weighted by Crippen LogP contribution is 2.44. The van der Waals surface area contributed by atoms with Gasteiger partial charge in [-0.3, -0.25) is 4.79 Å². The molecule has 1 fully saturated rings. The summed E-state index contributed by atoms with van der Waals surface area (Å²) >= 11 is 5.58. The molecule has 0 unspecified atom stereocenters. The van der Waals surface area contributed by atoms with E-state index in [9.17, 15) is 18.7 Å². The lowest BCUT2D eigenvalue weighted by molar-refractivity contribution is -0.216. The summed E-state index contributed by atoms with van der Waals surface area (Å²) in [6.07, 6.45) is 1.77. The Labute approximate surface area is 113 Å². The van der Waals surface area contributed by atoms with Gasteiger partial charge < -0.3 is 10.4 Å². The number of carbonyl (C=O) groups is 1. The van der Waals surface area contributed by atoms with E-state index in [1.807, 2.05) is 0 Å². The molecule has 2 N–H and O–H groups in total. The number of carbonyl (C=O) groups excluding carboxylic acids is 1. The molecule has 4 nitrogen and oxygen atoms in total. The molecule has 0 radical (unpaired) electrons. The van der Waals surface area contributed by atoms with Gasteiger partial charge in [0.25, 0.3) is 5.91 Å². The van der Waals surface area contributed by atoms with Gasteiger partial charge in [-0.15, -0.1) is 0 Å². The molecule has 1 heterocycles. The minimum Gasteiger partial charge on any atom is -0.383 e. The Bertz CT molecular complexity index is 475. The Morgan fingerprint density at radius 3 is 2.68 bits per heavy atom. The number of aromatic nitrogens is 1. The van der Waals surface area contributed by atoms with Gasteiger partial charge in [-0.25, -0.2) is 4.98 Å².